The number of likely N-dealkylation sites (N-methyl/N-ethyl adjacent to an activating group) is 1. The van der Waals surface area contributed by atoms with E-state index in [2.05, 4.69) is 24.5 Å². The second-order valence-electron chi connectivity index (χ2n) is 4.81. The minimum atomic E-state index is -0.227. The number of rotatable bonds is 6. The van der Waals surface area contributed by atoms with E-state index in [0.29, 0.717) is 12.5 Å². The van der Waals surface area contributed by atoms with Gasteiger partial charge in [0.25, 0.3) is 0 Å². The van der Waals surface area contributed by atoms with Gasteiger partial charge >= 0.3 is 0 Å². The number of benzene rings is 1. The maximum absolute atomic E-state index is 11.7. The molecule has 0 saturated heterocycles. The summed E-state index contributed by atoms with van der Waals surface area (Å²) in [6.07, 6.45) is 0.771. The van der Waals surface area contributed by atoms with Gasteiger partial charge in [0.1, 0.15) is 5.75 Å². The Bertz CT molecular complexity index is 391. The van der Waals surface area contributed by atoms with Crippen LogP contribution in [-0.4, -0.2) is 24.1 Å². The fraction of sp³-hybridized carbons (Fsp3) is 0.500. The van der Waals surface area contributed by atoms with Crippen molar-refractivity contribution < 1.29 is 9.90 Å². The molecule has 4 nitrogen and oxygen atoms in total. The molecule has 0 aromatic heterocycles. The maximum atomic E-state index is 11.7. The van der Waals surface area contributed by atoms with Crippen molar-refractivity contribution >= 4 is 5.91 Å². The molecule has 0 aliphatic rings. The zero-order chi connectivity index (χ0) is 13.5. The molecular formula is C14H22N2O2. The van der Waals surface area contributed by atoms with Gasteiger partial charge in [0.2, 0.25) is 5.91 Å². The monoisotopic (exact) mass is 250 g/mol. The van der Waals surface area contributed by atoms with Crippen molar-refractivity contribution in [3.8, 4) is 5.75 Å². The lowest BCUT2D eigenvalue weighted by atomic mass is 10.0. The van der Waals surface area contributed by atoms with Crippen LogP contribution < -0.4 is 10.6 Å². The molecule has 0 heterocycles. The summed E-state index contributed by atoms with van der Waals surface area (Å²) >= 11 is 0. The number of carbonyl (C=O) groups excluding carboxylic acids is 1. The van der Waals surface area contributed by atoms with Gasteiger partial charge in [-0.15, -0.1) is 0 Å². The Morgan fingerprint density at radius 3 is 2.56 bits per heavy atom. The molecule has 1 aromatic rings. The first-order valence-electron chi connectivity index (χ1n) is 6.26. The van der Waals surface area contributed by atoms with E-state index >= 15 is 0 Å². The van der Waals surface area contributed by atoms with Crippen molar-refractivity contribution in [2.45, 2.75) is 32.9 Å². The normalized spacial score (nSPS) is 12.4. The average molecular weight is 250 g/mol. The number of amides is 1. The Hall–Kier alpha value is -1.55. The van der Waals surface area contributed by atoms with Gasteiger partial charge < -0.3 is 15.7 Å². The minimum Gasteiger partial charge on any atom is -0.508 e. The molecular weight excluding hydrogens is 228 g/mol. The van der Waals surface area contributed by atoms with Crippen LogP contribution in [0.2, 0.25) is 0 Å². The number of phenolic OH excluding ortho intramolecular Hbond substituents is 1. The standard InChI is InChI=1S/C14H22N2O2/c1-10(2)8-12(14(18)15-3)16-9-11-6-4-5-7-13(11)17/h4-7,10,12,16-17H,8-9H2,1-3H3,(H,15,18). The van der Waals surface area contributed by atoms with Crippen LogP contribution in [-0.2, 0) is 11.3 Å². The molecule has 100 valence electrons. The van der Waals surface area contributed by atoms with E-state index in [-0.39, 0.29) is 17.7 Å². The molecule has 0 aliphatic carbocycles. The van der Waals surface area contributed by atoms with Crippen LogP contribution in [0.15, 0.2) is 24.3 Å². The van der Waals surface area contributed by atoms with Crippen LogP contribution in [0.25, 0.3) is 0 Å². The first kappa shape index (κ1) is 14.5. The van der Waals surface area contributed by atoms with Crippen LogP contribution >= 0.6 is 0 Å². The first-order chi connectivity index (χ1) is 8.54. The van der Waals surface area contributed by atoms with Crippen molar-refractivity contribution in [3.63, 3.8) is 0 Å². The molecule has 1 amide bonds. The summed E-state index contributed by atoms with van der Waals surface area (Å²) in [5.74, 6) is 0.675. The summed E-state index contributed by atoms with van der Waals surface area (Å²) in [5, 5.41) is 15.5. The molecule has 1 rings (SSSR count). The zero-order valence-electron chi connectivity index (χ0n) is 11.2. The van der Waals surface area contributed by atoms with Gasteiger partial charge in [-0.3, -0.25) is 4.79 Å². The quantitative estimate of drug-likeness (QED) is 0.719. The minimum absolute atomic E-state index is 0.0147. The highest BCUT2D eigenvalue weighted by molar-refractivity contribution is 5.81. The van der Waals surface area contributed by atoms with Gasteiger partial charge in [-0.1, -0.05) is 32.0 Å². The molecule has 0 fully saturated rings. The summed E-state index contributed by atoms with van der Waals surface area (Å²) in [7, 11) is 1.64. The lowest BCUT2D eigenvalue weighted by Crippen LogP contribution is -2.43. The van der Waals surface area contributed by atoms with Crippen molar-refractivity contribution in [1.29, 1.82) is 0 Å². The van der Waals surface area contributed by atoms with Gasteiger partial charge in [-0.25, -0.2) is 0 Å². The summed E-state index contributed by atoms with van der Waals surface area (Å²) in [6, 6.07) is 6.92. The summed E-state index contributed by atoms with van der Waals surface area (Å²) in [5.41, 5.74) is 0.801. The third-order valence-electron chi connectivity index (χ3n) is 2.80. The second kappa shape index (κ2) is 7.01. The van der Waals surface area contributed by atoms with Crippen LogP contribution in [0.4, 0.5) is 0 Å². The number of hydrogen-bond donors (Lipinski definition) is 3. The fourth-order valence-corrected chi connectivity index (χ4v) is 1.82. The smallest absolute Gasteiger partial charge is 0.236 e. The Labute approximate surface area is 108 Å². The molecule has 1 atom stereocenters. The number of carbonyl (C=O) groups is 1. The predicted octanol–water partition coefficient (Wildman–Crippen LogP) is 1.64. The number of para-hydroxylation sites is 1. The van der Waals surface area contributed by atoms with E-state index < -0.39 is 0 Å². The number of hydrogen-bond acceptors (Lipinski definition) is 3. The zero-order valence-corrected chi connectivity index (χ0v) is 11.2. The van der Waals surface area contributed by atoms with E-state index in [0.717, 1.165) is 12.0 Å². The lowest BCUT2D eigenvalue weighted by molar-refractivity contribution is -0.123. The Balaban J connectivity index is 2.62. The molecule has 18 heavy (non-hydrogen) atoms. The molecule has 0 aliphatic heterocycles. The predicted molar refractivity (Wildman–Crippen MR) is 72.3 cm³/mol. The summed E-state index contributed by atoms with van der Waals surface area (Å²) < 4.78 is 0. The van der Waals surface area contributed by atoms with Crippen LogP contribution in [0.3, 0.4) is 0 Å². The number of nitrogens with one attached hydrogen (secondary N) is 2. The largest absolute Gasteiger partial charge is 0.508 e. The van der Waals surface area contributed by atoms with Gasteiger partial charge in [0.15, 0.2) is 0 Å². The van der Waals surface area contributed by atoms with Gasteiger partial charge in [0, 0.05) is 19.2 Å². The third-order valence-corrected chi connectivity index (χ3v) is 2.80. The number of aromatic hydroxyl groups is 1. The topological polar surface area (TPSA) is 61.4 Å². The van der Waals surface area contributed by atoms with Gasteiger partial charge in [-0.2, -0.15) is 0 Å². The van der Waals surface area contributed by atoms with E-state index in [1.165, 1.54) is 0 Å². The highest BCUT2D eigenvalue weighted by Crippen LogP contribution is 2.15. The maximum Gasteiger partial charge on any atom is 0.236 e. The third kappa shape index (κ3) is 4.37. The molecule has 1 aromatic carbocycles. The Morgan fingerprint density at radius 1 is 1.33 bits per heavy atom. The summed E-state index contributed by atoms with van der Waals surface area (Å²) in [4.78, 5) is 11.7. The van der Waals surface area contributed by atoms with E-state index in [9.17, 15) is 9.90 Å². The molecule has 0 radical (unpaired) electrons. The second-order valence-corrected chi connectivity index (χ2v) is 4.81. The van der Waals surface area contributed by atoms with Crippen molar-refractivity contribution in [3.05, 3.63) is 29.8 Å². The van der Waals surface area contributed by atoms with Gasteiger partial charge in [0.05, 0.1) is 6.04 Å². The SMILES string of the molecule is CNC(=O)C(CC(C)C)NCc1ccccc1O. The molecule has 0 saturated carbocycles. The fourth-order valence-electron chi connectivity index (χ4n) is 1.82. The molecule has 4 heteroatoms. The van der Waals surface area contributed by atoms with Gasteiger partial charge in [-0.05, 0) is 18.4 Å². The van der Waals surface area contributed by atoms with Crippen LogP contribution in [0, 0.1) is 5.92 Å². The lowest BCUT2D eigenvalue weighted by Gasteiger charge is -2.19. The average Bonchev–Trinajstić information content (AvgIpc) is 2.34. The molecule has 0 spiro atoms. The summed E-state index contributed by atoms with van der Waals surface area (Å²) in [6.45, 7) is 4.65. The molecule has 1 unspecified atom stereocenters. The molecule has 0 bridgehead atoms. The number of phenols is 1. The Kier molecular flexibility index (Phi) is 5.65. The highest BCUT2D eigenvalue weighted by Gasteiger charge is 2.18. The molecule has 3 N–H and O–H groups in total. The highest BCUT2D eigenvalue weighted by atomic mass is 16.3. The Morgan fingerprint density at radius 2 is 2.00 bits per heavy atom. The van der Waals surface area contributed by atoms with Crippen LogP contribution in [0.1, 0.15) is 25.8 Å². The van der Waals surface area contributed by atoms with Crippen molar-refractivity contribution in [2.75, 3.05) is 7.05 Å². The van der Waals surface area contributed by atoms with Crippen LogP contribution in [0.5, 0.6) is 5.75 Å². The van der Waals surface area contributed by atoms with Crippen molar-refractivity contribution in [1.82, 2.24) is 10.6 Å². The van der Waals surface area contributed by atoms with E-state index in [4.69, 9.17) is 0 Å². The van der Waals surface area contributed by atoms with E-state index in [1.54, 1.807) is 19.2 Å². The van der Waals surface area contributed by atoms with E-state index in [1.807, 2.05) is 12.1 Å². The van der Waals surface area contributed by atoms with Crippen molar-refractivity contribution in [2.24, 2.45) is 5.92 Å². The first-order valence-corrected chi connectivity index (χ1v) is 6.26.